The first-order valence-electron chi connectivity index (χ1n) is 6.85. The third kappa shape index (κ3) is 3.19. The summed E-state index contributed by atoms with van der Waals surface area (Å²) in [7, 11) is 1.56. The van der Waals surface area contributed by atoms with Crippen LogP contribution >= 0.6 is 11.8 Å². The Kier molecular flexibility index (Phi) is 4.23. The lowest BCUT2D eigenvalue weighted by Gasteiger charge is -2.08. The summed E-state index contributed by atoms with van der Waals surface area (Å²) in [5, 5.41) is 22.6. The van der Waals surface area contributed by atoms with E-state index in [1.54, 1.807) is 31.0 Å². The van der Waals surface area contributed by atoms with Crippen molar-refractivity contribution in [3.8, 4) is 5.75 Å². The number of non-ortho nitro benzene ring substituents is 1. The van der Waals surface area contributed by atoms with Gasteiger partial charge in [0.2, 0.25) is 0 Å². The number of ether oxygens (including phenoxy) is 1. The molecule has 1 aliphatic carbocycles. The number of tetrazole rings is 1. The van der Waals surface area contributed by atoms with E-state index in [4.69, 9.17) is 4.74 Å². The van der Waals surface area contributed by atoms with Gasteiger partial charge in [-0.05, 0) is 29.3 Å². The summed E-state index contributed by atoms with van der Waals surface area (Å²) in [4.78, 5) is 10.5. The number of hydrogen-bond donors (Lipinski definition) is 0. The number of benzene rings is 1. The van der Waals surface area contributed by atoms with Crippen molar-refractivity contribution in [2.75, 3.05) is 7.11 Å². The van der Waals surface area contributed by atoms with E-state index in [1.165, 1.54) is 6.07 Å². The fourth-order valence-electron chi connectivity index (χ4n) is 2.15. The number of hydrogen-bond acceptors (Lipinski definition) is 7. The molecule has 0 bridgehead atoms. The summed E-state index contributed by atoms with van der Waals surface area (Å²) >= 11 is 1.61. The minimum Gasteiger partial charge on any atom is -0.496 e. The van der Waals surface area contributed by atoms with Crippen LogP contribution in [0.15, 0.2) is 18.2 Å². The van der Waals surface area contributed by atoms with Crippen molar-refractivity contribution in [3.05, 3.63) is 39.7 Å². The van der Waals surface area contributed by atoms with Crippen LogP contribution in [0.4, 0.5) is 5.69 Å². The standard InChI is InChI=1S/C13H15N5O3S/c1-21-12-5-4-11(18(19)20)6-9(12)7-22-8-13-14-15-16-17(13)10-2-3-10/h4-6,10H,2-3,7-8H2,1H3. The van der Waals surface area contributed by atoms with Crippen molar-refractivity contribution >= 4 is 17.4 Å². The quantitative estimate of drug-likeness (QED) is 0.570. The van der Waals surface area contributed by atoms with Crippen LogP contribution < -0.4 is 4.74 Å². The molecule has 1 saturated carbocycles. The molecule has 116 valence electrons. The lowest BCUT2D eigenvalue weighted by atomic mass is 10.2. The second-order valence-corrected chi connectivity index (χ2v) is 6.00. The molecule has 1 fully saturated rings. The maximum Gasteiger partial charge on any atom is 0.270 e. The Hall–Kier alpha value is -2.16. The van der Waals surface area contributed by atoms with E-state index in [0.29, 0.717) is 23.3 Å². The van der Waals surface area contributed by atoms with E-state index in [1.807, 2.05) is 4.68 Å². The highest BCUT2D eigenvalue weighted by molar-refractivity contribution is 7.97. The summed E-state index contributed by atoms with van der Waals surface area (Å²) in [5.74, 6) is 2.76. The molecular weight excluding hydrogens is 306 g/mol. The number of aromatic nitrogens is 4. The monoisotopic (exact) mass is 321 g/mol. The molecule has 1 aliphatic rings. The molecule has 3 rings (SSSR count). The van der Waals surface area contributed by atoms with E-state index >= 15 is 0 Å². The Balaban J connectivity index is 1.66. The molecule has 0 radical (unpaired) electrons. The lowest BCUT2D eigenvalue weighted by Crippen LogP contribution is -2.02. The van der Waals surface area contributed by atoms with Gasteiger partial charge in [0.25, 0.3) is 5.69 Å². The van der Waals surface area contributed by atoms with Crippen LogP contribution in [0.3, 0.4) is 0 Å². The van der Waals surface area contributed by atoms with E-state index < -0.39 is 4.92 Å². The Morgan fingerprint density at radius 3 is 2.95 bits per heavy atom. The van der Waals surface area contributed by atoms with Crippen LogP contribution in [0.5, 0.6) is 5.75 Å². The van der Waals surface area contributed by atoms with E-state index in [9.17, 15) is 10.1 Å². The summed E-state index contributed by atoms with van der Waals surface area (Å²) in [6.07, 6.45) is 2.25. The number of nitro groups is 1. The molecule has 0 amide bonds. The van der Waals surface area contributed by atoms with Crippen LogP contribution in [0.25, 0.3) is 0 Å². The van der Waals surface area contributed by atoms with Gasteiger partial charge in [0.15, 0.2) is 5.82 Å². The highest BCUT2D eigenvalue weighted by atomic mass is 32.2. The molecule has 0 aliphatic heterocycles. The first kappa shape index (κ1) is 14.8. The molecular formula is C13H15N5O3S. The van der Waals surface area contributed by atoms with E-state index in [2.05, 4.69) is 15.5 Å². The molecule has 0 N–H and O–H groups in total. The first-order chi connectivity index (χ1) is 10.7. The second-order valence-electron chi connectivity index (χ2n) is 5.02. The van der Waals surface area contributed by atoms with Gasteiger partial charge in [-0.25, -0.2) is 4.68 Å². The van der Waals surface area contributed by atoms with Gasteiger partial charge in [-0.15, -0.1) is 16.9 Å². The van der Waals surface area contributed by atoms with E-state index in [0.717, 1.165) is 24.2 Å². The zero-order chi connectivity index (χ0) is 15.5. The molecule has 0 spiro atoms. The predicted molar refractivity (Wildman–Crippen MR) is 80.7 cm³/mol. The third-order valence-electron chi connectivity index (χ3n) is 3.42. The molecule has 9 heteroatoms. The summed E-state index contributed by atoms with van der Waals surface area (Å²) in [6, 6.07) is 5.07. The number of rotatable bonds is 7. The number of methoxy groups -OCH3 is 1. The number of nitro benzene ring substituents is 1. The fourth-order valence-corrected chi connectivity index (χ4v) is 3.07. The average molecular weight is 321 g/mol. The first-order valence-corrected chi connectivity index (χ1v) is 8.00. The minimum atomic E-state index is -0.402. The van der Waals surface area contributed by atoms with Crippen LogP contribution in [-0.4, -0.2) is 32.2 Å². The highest BCUT2D eigenvalue weighted by Gasteiger charge is 2.27. The molecule has 0 unspecified atom stereocenters. The summed E-state index contributed by atoms with van der Waals surface area (Å²) in [5.41, 5.74) is 0.867. The van der Waals surface area contributed by atoms with Crippen LogP contribution in [0.2, 0.25) is 0 Å². The molecule has 1 heterocycles. The minimum absolute atomic E-state index is 0.0687. The molecule has 0 atom stereocenters. The summed E-state index contributed by atoms with van der Waals surface area (Å²) in [6.45, 7) is 0. The van der Waals surface area contributed by atoms with Gasteiger partial charge < -0.3 is 4.74 Å². The fraction of sp³-hybridized carbons (Fsp3) is 0.462. The SMILES string of the molecule is COc1ccc([N+](=O)[O-])cc1CSCc1nnnn1C1CC1. The largest absolute Gasteiger partial charge is 0.496 e. The Bertz CT molecular complexity index is 686. The van der Waals surface area contributed by atoms with Gasteiger partial charge in [-0.2, -0.15) is 0 Å². The van der Waals surface area contributed by atoms with Crippen molar-refractivity contribution in [1.82, 2.24) is 20.2 Å². The Labute approximate surface area is 131 Å². The van der Waals surface area contributed by atoms with Crippen LogP contribution in [0.1, 0.15) is 30.3 Å². The normalized spacial score (nSPS) is 14.0. The van der Waals surface area contributed by atoms with Crippen molar-refractivity contribution in [2.24, 2.45) is 0 Å². The molecule has 22 heavy (non-hydrogen) atoms. The van der Waals surface area contributed by atoms with Crippen molar-refractivity contribution in [3.63, 3.8) is 0 Å². The van der Waals surface area contributed by atoms with Crippen LogP contribution in [0, 0.1) is 10.1 Å². The van der Waals surface area contributed by atoms with Gasteiger partial charge in [0, 0.05) is 23.4 Å². The zero-order valence-corrected chi connectivity index (χ0v) is 12.8. The van der Waals surface area contributed by atoms with Crippen LogP contribution in [-0.2, 0) is 11.5 Å². The third-order valence-corrected chi connectivity index (χ3v) is 4.39. The molecule has 1 aromatic carbocycles. The molecule has 1 aromatic heterocycles. The van der Waals surface area contributed by atoms with Gasteiger partial charge in [0.1, 0.15) is 5.75 Å². The van der Waals surface area contributed by atoms with E-state index in [-0.39, 0.29) is 5.69 Å². The number of nitrogens with zero attached hydrogens (tertiary/aromatic N) is 5. The summed E-state index contributed by atoms with van der Waals surface area (Å²) < 4.78 is 7.13. The van der Waals surface area contributed by atoms with Crippen molar-refractivity contribution < 1.29 is 9.66 Å². The molecule has 0 saturated heterocycles. The molecule has 2 aromatic rings. The van der Waals surface area contributed by atoms with Crippen molar-refractivity contribution in [2.45, 2.75) is 30.4 Å². The number of thioether (sulfide) groups is 1. The zero-order valence-electron chi connectivity index (χ0n) is 12.0. The maximum absolute atomic E-state index is 10.9. The van der Waals surface area contributed by atoms with Gasteiger partial charge in [0.05, 0.1) is 23.8 Å². The topological polar surface area (TPSA) is 96.0 Å². The average Bonchev–Trinajstić information content (AvgIpc) is 3.26. The second kappa shape index (κ2) is 6.30. The van der Waals surface area contributed by atoms with Gasteiger partial charge in [-0.3, -0.25) is 10.1 Å². The molecule has 8 nitrogen and oxygen atoms in total. The predicted octanol–water partition coefficient (Wildman–Crippen LogP) is 2.36. The maximum atomic E-state index is 10.9. The smallest absolute Gasteiger partial charge is 0.270 e. The lowest BCUT2D eigenvalue weighted by molar-refractivity contribution is -0.384. The van der Waals surface area contributed by atoms with Gasteiger partial charge in [-0.1, -0.05) is 0 Å². The highest BCUT2D eigenvalue weighted by Crippen LogP contribution is 2.35. The Morgan fingerprint density at radius 1 is 1.45 bits per heavy atom. The Morgan fingerprint density at radius 2 is 2.27 bits per heavy atom. The van der Waals surface area contributed by atoms with Gasteiger partial charge >= 0.3 is 0 Å². The van der Waals surface area contributed by atoms with Crippen molar-refractivity contribution in [1.29, 1.82) is 0 Å².